The van der Waals surface area contributed by atoms with Gasteiger partial charge in [-0.3, -0.25) is 4.79 Å². The average molecular weight is 380 g/mol. The zero-order valence-electron chi connectivity index (χ0n) is 13.7. The van der Waals surface area contributed by atoms with Crippen molar-refractivity contribution < 1.29 is 14.3 Å². The third-order valence-electron chi connectivity index (χ3n) is 3.95. The second-order valence-corrected chi connectivity index (χ2v) is 6.67. The van der Waals surface area contributed by atoms with Crippen LogP contribution in [0.1, 0.15) is 17.5 Å². The highest BCUT2D eigenvalue weighted by Crippen LogP contribution is 2.38. The summed E-state index contributed by atoms with van der Waals surface area (Å²) in [5.41, 5.74) is 2.10. The van der Waals surface area contributed by atoms with Gasteiger partial charge >= 0.3 is 0 Å². The zero-order valence-corrected chi connectivity index (χ0v) is 15.2. The van der Waals surface area contributed by atoms with Gasteiger partial charge in [-0.25, -0.2) is 0 Å². The van der Waals surface area contributed by atoms with Gasteiger partial charge in [-0.1, -0.05) is 35.3 Å². The van der Waals surface area contributed by atoms with Crippen LogP contribution < -0.4 is 14.8 Å². The number of ether oxygens (including phenoxy) is 2. The predicted octanol–water partition coefficient (Wildman–Crippen LogP) is 4.06. The molecule has 0 bridgehead atoms. The number of fused-ring (bicyclic) bond motifs is 1. The van der Waals surface area contributed by atoms with Gasteiger partial charge in [-0.05, 0) is 48.2 Å². The van der Waals surface area contributed by atoms with Gasteiger partial charge in [0.05, 0.1) is 5.02 Å². The van der Waals surface area contributed by atoms with Gasteiger partial charge < -0.3 is 14.8 Å². The van der Waals surface area contributed by atoms with Gasteiger partial charge in [0.1, 0.15) is 13.2 Å². The second kappa shape index (κ2) is 8.45. The van der Waals surface area contributed by atoms with Crippen LogP contribution in [0.4, 0.5) is 0 Å². The molecule has 0 aliphatic carbocycles. The normalized spacial score (nSPS) is 12.7. The third-order valence-corrected chi connectivity index (χ3v) is 4.48. The molecule has 1 aliphatic heterocycles. The van der Waals surface area contributed by atoms with Crippen LogP contribution in [0.3, 0.4) is 0 Å². The molecule has 0 spiro atoms. The van der Waals surface area contributed by atoms with Crippen molar-refractivity contribution in [1.29, 1.82) is 0 Å². The Morgan fingerprint density at radius 3 is 2.56 bits per heavy atom. The summed E-state index contributed by atoms with van der Waals surface area (Å²) in [6.07, 6.45) is 1.82. The summed E-state index contributed by atoms with van der Waals surface area (Å²) in [5, 5.41) is 4.18. The number of halogens is 2. The molecule has 0 aromatic heterocycles. The molecule has 1 amide bonds. The van der Waals surface area contributed by atoms with Crippen LogP contribution in [0.25, 0.3) is 0 Å². The fraction of sp³-hybridized carbons (Fsp3) is 0.316. The van der Waals surface area contributed by atoms with E-state index in [1.165, 1.54) is 0 Å². The molecule has 2 aromatic rings. The smallest absolute Gasteiger partial charge is 0.220 e. The lowest BCUT2D eigenvalue weighted by atomic mass is 10.1. The van der Waals surface area contributed by atoms with Gasteiger partial charge in [0, 0.05) is 18.0 Å². The predicted molar refractivity (Wildman–Crippen MR) is 98.9 cm³/mol. The molecule has 0 atom stereocenters. The Hall–Kier alpha value is -1.91. The lowest BCUT2D eigenvalue weighted by Gasteiger charge is -2.20. The zero-order chi connectivity index (χ0) is 17.6. The summed E-state index contributed by atoms with van der Waals surface area (Å²) >= 11 is 12.1. The lowest BCUT2D eigenvalue weighted by molar-refractivity contribution is -0.121. The first-order valence-electron chi connectivity index (χ1n) is 8.21. The maximum atomic E-state index is 12.0. The molecule has 1 N–H and O–H groups in total. The molecule has 25 heavy (non-hydrogen) atoms. The molecule has 0 saturated carbocycles. The van der Waals surface area contributed by atoms with Crippen molar-refractivity contribution in [3.05, 3.63) is 57.6 Å². The number of amides is 1. The van der Waals surface area contributed by atoms with Crippen molar-refractivity contribution in [3.63, 3.8) is 0 Å². The van der Waals surface area contributed by atoms with Crippen LogP contribution in [0.2, 0.25) is 10.0 Å². The number of carbonyl (C=O) groups is 1. The van der Waals surface area contributed by atoms with Crippen molar-refractivity contribution in [2.45, 2.75) is 19.3 Å². The SMILES string of the molecule is O=C(CCc1ccc(Cl)cc1)NCCc1cc(Cl)c2c(c1)OCCO2. The molecule has 3 rings (SSSR count). The monoisotopic (exact) mass is 379 g/mol. The molecule has 0 unspecified atom stereocenters. The number of benzene rings is 2. The second-order valence-electron chi connectivity index (χ2n) is 5.83. The Labute approximate surface area is 157 Å². The van der Waals surface area contributed by atoms with E-state index in [2.05, 4.69) is 5.32 Å². The van der Waals surface area contributed by atoms with Crippen LogP contribution in [-0.4, -0.2) is 25.7 Å². The maximum absolute atomic E-state index is 12.0. The molecule has 0 radical (unpaired) electrons. The van der Waals surface area contributed by atoms with E-state index in [4.69, 9.17) is 32.7 Å². The highest BCUT2D eigenvalue weighted by Gasteiger charge is 2.16. The summed E-state index contributed by atoms with van der Waals surface area (Å²) in [6, 6.07) is 11.3. The molecule has 132 valence electrons. The third kappa shape index (κ3) is 5.03. The summed E-state index contributed by atoms with van der Waals surface area (Å²) in [4.78, 5) is 12.0. The fourth-order valence-corrected chi connectivity index (χ4v) is 3.07. The minimum absolute atomic E-state index is 0.0265. The first-order valence-corrected chi connectivity index (χ1v) is 8.96. The highest BCUT2D eigenvalue weighted by atomic mass is 35.5. The standard InChI is InChI=1S/C19H19Cl2NO3/c20-15-4-1-13(2-5-15)3-6-18(23)22-8-7-14-11-16(21)19-17(12-14)24-9-10-25-19/h1-2,4-5,11-12H,3,6-10H2,(H,22,23). The largest absolute Gasteiger partial charge is 0.486 e. The molecular formula is C19H19Cl2NO3. The van der Waals surface area contributed by atoms with Crippen LogP contribution in [0.5, 0.6) is 11.5 Å². The maximum Gasteiger partial charge on any atom is 0.220 e. The molecule has 0 fully saturated rings. The number of hydrogen-bond acceptors (Lipinski definition) is 3. The Morgan fingerprint density at radius 1 is 1.00 bits per heavy atom. The number of rotatable bonds is 6. The van der Waals surface area contributed by atoms with Crippen LogP contribution in [0.15, 0.2) is 36.4 Å². The molecule has 6 heteroatoms. The van der Waals surface area contributed by atoms with Gasteiger partial charge in [0.25, 0.3) is 0 Å². The van der Waals surface area contributed by atoms with E-state index in [9.17, 15) is 4.79 Å². The summed E-state index contributed by atoms with van der Waals surface area (Å²) in [7, 11) is 0. The Morgan fingerprint density at radius 2 is 1.76 bits per heavy atom. The summed E-state index contributed by atoms with van der Waals surface area (Å²) in [5.74, 6) is 1.30. The van der Waals surface area contributed by atoms with E-state index >= 15 is 0 Å². The van der Waals surface area contributed by atoms with Gasteiger partial charge in [0.15, 0.2) is 11.5 Å². The van der Waals surface area contributed by atoms with Crippen LogP contribution in [-0.2, 0) is 17.6 Å². The van der Waals surface area contributed by atoms with Crippen molar-refractivity contribution in [2.75, 3.05) is 19.8 Å². The topological polar surface area (TPSA) is 47.6 Å². The summed E-state index contributed by atoms with van der Waals surface area (Å²) in [6.45, 7) is 1.58. The minimum Gasteiger partial charge on any atom is -0.486 e. The van der Waals surface area contributed by atoms with E-state index in [1.54, 1.807) is 0 Å². The number of hydrogen-bond donors (Lipinski definition) is 1. The molecule has 4 nitrogen and oxygen atoms in total. The molecular weight excluding hydrogens is 361 g/mol. The van der Waals surface area contributed by atoms with E-state index in [1.807, 2.05) is 36.4 Å². The number of carbonyl (C=O) groups excluding carboxylic acids is 1. The lowest BCUT2D eigenvalue weighted by Crippen LogP contribution is -2.26. The molecule has 1 aliphatic rings. The van der Waals surface area contributed by atoms with E-state index in [-0.39, 0.29) is 5.91 Å². The van der Waals surface area contributed by atoms with E-state index < -0.39 is 0 Å². The van der Waals surface area contributed by atoms with Crippen molar-refractivity contribution >= 4 is 29.1 Å². The van der Waals surface area contributed by atoms with Crippen molar-refractivity contribution in [1.82, 2.24) is 5.32 Å². The molecule has 1 heterocycles. The fourth-order valence-electron chi connectivity index (χ4n) is 2.65. The highest BCUT2D eigenvalue weighted by molar-refractivity contribution is 6.32. The first kappa shape index (κ1) is 17.9. The van der Waals surface area contributed by atoms with Crippen LogP contribution in [0, 0.1) is 0 Å². The van der Waals surface area contributed by atoms with E-state index in [0.29, 0.717) is 60.6 Å². The Kier molecular flexibility index (Phi) is 6.05. The number of aryl methyl sites for hydroxylation is 1. The summed E-state index contributed by atoms with van der Waals surface area (Å²) < 4.78 is 11.1. The van der Waals surface area contributed by atoms with Gasteiger partial charge in [-0.15, -0.1) is 0 Å². The molecule has 2 aromatic carbocycles. The minimum atomic E-state index is 0.0265. The Balaban J connectivity index is 1.45. The average Bonchev–Trinajstić information content (AvgIpc) is 2.61. The van der Waals surface area contributed by atoms with Gasteiger partial charge in [0.2, 0.25) is 5.91 Å². The van der Waals surface area contributed by atoms with E-state index in [0.717, 1.165) is 11.1 Å². The van der Waals surface area contributed by atoms with Crippen molar-refractivity contribution in [3.8, 4) is 11.5 Å². The molecule has 0 saturated heterocycles. The van der Waals surface area contributed by atoms with Crippen molar-refractivity contribution in [2.24, 2.45) is 0 Å². The Bertz CT molecular complexity index is 747. The quantitative estimate of drug-likeness (QED) is 0.823. The van der Waals surface area contributed by atoms with Crippen LogP contribution >= 0.6 is 23.2 Å². The first-order chi connectivity index (χ1) is 12.1. The van der Waals surface area contributed by atoms with Gasteiger partial charge in [-0.2, -0.15) is 0 Å². The number of nitrogens with one attached hydrogen (secondary N) is 1.